The van der Waals surface area contributed by atoms with Gasteiger partial charge in [-0.3, -0.25) is 0 Å². The van der Waals surface area contributed by atoms with Gasteiger partial charge in [0.25, 0.3) is 0 Å². The maximum absolute atomic E-state index is 12.4. The topological polar surface area (TPSA) is 57.8 Å². The molecule has 150 valence electrons. The van der Waals surface area contributed by atoms with E-state index in [1.54, 1.807) is 4.90 Å². The SMILES string of the molecule is CN1C[C@H](COC(=O)N2CCOCC2)C[C@@H]2c3cccc4[nH]c(Br)c(c34)C[C@H]21. The summed E-state index contributed by atoms with van der Waals surface area (Å²) in [7, 11) is 2.21. The minimum atomic E-state index is -0.198. The van der Waals surface area contributed by atoms with Crippen LogP contribution in [0.1, 0.15) is 23.5 Å². The van der Waals surface area contributed by atoms with E-state index in [0.717, 1.165) is 24.0 Å². The zero-order valence-electron chi connectivity index (χ0n) is 16.1. The molecule has 1 aromatic heterocycles. The van der Waals surface area contributed by atoms with Crippen LogP contribution < -0.4 is 0 Å². The normalized spacial score (nSPS) is 27.6. The van der Waals surface area contributed by atoms with Crippen LogP contribution in [0.4, 0.5) is 4.79 Å². The van der Waals surface area contributed by atoms with Crippen molar-refractivity contribution >= 4 is 32.9 Å². The van der Waals surface area contributed by atoms with Gasteiger partial charge in [-0.2, -0.15) is 0 Å². The fraction of sp³-hybridized carbons (Fsp3) is 0.571. The van der Waals surface area contributed by atoms with E-state index in [9.17, 15) is 4.79 Å². The second-order valence-electron chi connectivity index (χ2n) is 8.28. The van der Waals surface area contributed by atoms with Crippen LogP contribution in [0.25, 0.3) is 10.9 Å². The molecule has 3 heterocycles. The number of hydrogen-bond acceptors (Lipinski definition) is 4. The Balaban J connectivity index is 1.33. The highest BCUT2D eigenvalue weighted by molar-refractivity contribution is 9.10. The lowest BCUT2D eigenvalue weighted by atomic mass is 9.72. The summed E-state index contributed by atoms with van der Waals surface area (Å²) in [6, 6.07) is 7.08. The summed E-state index contributed by atoms with van der Waals surface area (Å²) in [5, 5.41) is 1.38. The molecule has 3 aliphatic rings. The number of carbonyl (C=O) groups is 1. The van der Waals surface area contributed by atoms with Crippen molar-refractivity contribution in [2.75, 3.05) is 46.5 Å². The van der Waals surface area contributed by atoms with Crippen molar-refractivity contribution in [3.8, 4) is 0 Å². The van der Waals surface area contributed by atoms with Crippen molar-refractivity contribution in [3.05, 3.63) is 33.9 Å². The molecule has 0 bridgehead atoms. The summed E-state index contributed by atoms with van der Waals surface area (Å²) in [4.78, 5) is 20.0. The first-order valence-electron chi connectivity index (χ1n) is 10.1. The summed E-state index contributed by atoms with van der Waals surface area (Å²) in [6.07, 6.45) is 1.92. The molecule has 2 aliphatic heterocycles. The molecule has 1 aliphatic carbocycles. The molecule has 6 nitrogen and oxygen atoms in total. The minimum absolute atomic E-state index is 0.198. The molecular weight excluding hydrogens is 422 g/mol. The number of nitrogens with zero attached hydrogens (tertiary/aromatic N) is 2. The largest absolute Gasteiger partial charge is 0.449 e. The van der Waals surface area contributed by atoms with Crippen molar-refractivity contribution in [2.24, 2.45) is 5.92 Å². The lowest BCUT2D eigenvalue weighted by Crippen LogP contribution is -2.49. The Morgan fingerprint density at radius 3 is 3.00 bits per heavy atom. The second kappa shape index (κ2) is 7.35. The van der Waals surface area contributed by atoms with Gasteiger partial charge in [0, 0.05) is 48.4 Å². The Kier molecular flexibility index (Phi) is 4.85. The zero-order chi connectivity index (χ0) is 19.3. The number of hydrogen-bond donors (Lipinski definition) is 1. The highest BCUT2D eigenvalue weighted by atomic mass is 79.9. The van der Waals surface area contributed by atoms with E-state index >= 15 is 0 Å². The number of fused-ring (bicyclic) bond motifs is 2. The van der Waals surface area contributed by atoms with Crippen molar-refractivity contribution in [1.82, 2.24) is 14.8 Å². The molecule has 0 unspecified atom stereocenters. The van der Waals surface area contributed by atoms with Crippen molar-refractivity contribution in [1.29, 1.82) is 0 Å². The number of aromatic nitrogens is 1. The van der Waals surface area contributed by atoms with Crippen LogP contribution in [0, 0.1) is 5.92 Å². The molecule has 3 atom stereocenters. The maximum Gasteiger partial charge on any atom is 0.409 e. The van der Waals surface area contributed by atoms with Crippen molar-refractivity contribution < 1.29 is 14.3 Å². The molecular formula is C21H26BrN3O3. The van der Waals surface area contributed by atoms with Gasteiger partial charge in [-0.25, -0.2) is 4.79 Å². The molecule has 1 amide bonds. The summed E-state index contributed by atoms with van der Waals surface area (Å²) in [5.41, 5.74) is 4.04. The van der Waals surface area contributed by atoms with Gasteiger partial charge in [0.15, 0.2) is 0 Å². The Bertz CT molecular complexity index is 892. The first-order chi connectivity index (χ1) is 13.6. The average molecular weight is 448 g/mol. The number of halogens is 1. The van der Waals surface area contributed by atoms with Crippen molar-refractivity contribution in [2.45, 2.75) is 24.8 Å². The van der Waals surface area contributed by atoms with Crippen LogP contribution in [0.5, 0.6) is 0 Å². The molecule has 0 saturated carbocycles. The number of benzene rings is 1. The molecule has 2 aromatic rings. The van der Waals surface area contributed by atoms with Gasteiger partial charge in [-0.15, -0.1) is 0 Å². The first kappa shape index (κ1) is 18.5. The second-order valence-corrected chi connectivity index (χ2v) is 9.08. The van der Waals surface area contributed by atoms with Gasteiger partial charge in [-0.1, -0.05) is 12.1 Å². The number of ether oxygens (including phenoxy) is 2. The van der Waals surface area contributed by atoms with E-state index < -0.39 is 0 Å². The first-order valence-corrected chi connectivity index (χ1v) is 10.9. The van der Waals surface area contributed by atoms with Gasteiger partial charge in [-0.05, 0) is 53.0 Å². The number of rotatable bonds is 2. The van der Waals surface area contributed by atoms with Crippen molar-refractivity contribution in [3.63, 3.8) is 0 Å². The third-order valence-electron chi connectivity index (χ3n) is 6.60. The van der Waals surface area contributed by atoms with Gasteiger partial charge >= 0.3 is 6.09 Å². The lowest BCUT2D eigenvalue weighted by molar-refractivity contribution is 0.0132. The van der Waals surface area contributed by atoms with E-state index in [1.165, 1.54) is 22.0 Å². The zero-order valence-corrected chi connectivity index (χ0v) is 17.7. The third-order valence-corrected chi connectivity index (χ3v) is 7.27. The monoisotopic (exact) mass is 447 g/mol. The smallest absolute Gasteiger partial charge is 0.409 e. The maximum atomic E-state index is 12.4. The standard InChI is InChI=1S/C21H26BrN3O3/c1-24-11-13(12-28-21(26)25-5-7-27-8-6-25)9-15-14-3-2-4-17-19(14)16(10-18(15)24)20(22)23-17/h2-4,13,15,18,23H,5-12H2,1H3/t13-,15-,18-/m1/s1. The summed E-state index contributed by atoms with van der Waals surface area (Å²) in [5.74, 6) is 0.833. The van der Waals surface area contributed by atoms with Gasteiger partial charge in [0.1, 0.15) is 0 Å². The number of amides is 1. The lowest BCUT2D eigenvalue weighted by Gasteiger charge is -2.45. The van der Waals surface area contributed by atoms with E-state index in [2.05, 4.69) is 51.1 Å². The van der Waals surface area contributed by atoms with E-state index in [-0.39, 0.29) is 6.09 Å². The number of likely N-dealkylation sites (tertiary alicyclic amines) is 1. The predicted octanol–water partition coefficient (Wildman–Crippen LogP) is 3.36. The fourth-order valence-corrected chi connectivity index (χ4v) is 5.82. The molecule has 2 fully saturated rings. The van der Waals surface area contributed by atoms with E-state index in [4.69, 9.17) is 9.47 Å². The molecule has 2 saturated heterocycles. The van der Waals surface area contributed by atoms with Gasteiger partial charge < -0.3 is 24.3 Å². The fourth-order valence-electron chi connectivity index (χ4n) is 5.24. The Morgan fingerprint density at radius 1 is 1.36 bits per heavy atom. The van der Waals surface area contributed by atoms with Crippen LogP contribution in [0.15, 0.2) is 22.8 Å². The predicted molar refractivity (Wildman–Crippen MR) is 111 cm³/mol. The van der Waals surface area contributed by atoms with Gasteiger partial charge in [0.05, 0.1) is 24.4 Å². The molecule has 1 N–H and O–H groups in total. The number of nitrogens with one attached hydrogen (secondary N) is 1. The number of aromatic amines is 1. The van der Waals surface area contributed by atoms with E-state index in [0.29, 0.717) is 50.8 Å². The molecule has 5 rings (SSSR count). The molecule has 7 heteroatoms. The number of likely N-dealkylation sites (N-methyl/N-ethyl adjacent to an activating group) is 1. The average Bonchev–Trinajstić information content (AvgIpc) is 3.04. The van der Waals surface area contributed by atoms with Gasteiger partial charge in [0.2, 0.25) is 0 Å². The van der Waals surface area contributed by atoms with Crippen LogP contribution in [-0.4, -0.2) is 73.4 Å². The Morgan fingerprint density at radius 2 is 2.18 bits per heavy atom. The Hall–Kier alpha value is -1.57. The Labute approximate surface area is 173 Å². The summed E-state index contributed by atoms with van der Waals surface area (Å²) < 4.78 is 12.1. The van der Waals surface area contributed by atoms with Crippen LogP contribution >= 0.6 is 15.9 Å². The molecule has 0 spiro atoms. The number of piperidine rings is 1. The molecule has 1 aromatic carbocycles. The minimum Gasteiger partial charge on any atom is -0.449 e. The summed E-state index contributed by atoms with van der Waals surface area (Å²) in [6.45, 7) is 3.91. The number of H-pyrrole nitrogens is 1. The third kappa shape index (κ3) is 3.13. The quantitative estimate of drug-likeness (QED) is 0.766. The van der Waals surface area contributed by atoms with Crippen LogP contribution in [-0.2, 0) is 15.9 Å². The number of morpholine rings is 1. The molecule has 0 radical (unpaired) electrons. The highest BCUT2D eigenvalue weighted by Crippen LogP contribution is 2.46. The number of carbonyl (C=O) groups excluding carboxylic acids is 1. The van der Waals surface area contributed by atoms with Crippen LogP contribution in [0.2, 0.25) is 0 Å². The summed E-state index contributed by atoms with van der Waals surface area (Å²) >= 11 is 3.72. The molecule has 28 heavy (non-hydrogen) atoms. The van der Waals surface area contributed by atoms with Crippen LogP contribution in [0.3, 0.4) is 0 Å². The van der Waals surface area contributed by atoms with E-state index in [1.807, 2.05) is 0 Å². The highest BCUT2D eigenvalue weighted by Gasteiger charge is 2.40.